The second-order valence-corrected chi connectivity index (χ2v) is 8.58. The fraction of sp³-hybridized carbons (Fsp3) is 0.0909. The van der Waals surface area contributed by atoms with Gasteiger partial charge in [0.15, 0.2) is 9.84 Å². The van der Waals surface area contributed by atoms with Crippen molar-refractivity contribution in [1.82, 2.24) is 0 Å². The van der Waals surface area contributed by atoms with Crippen LogP contribution < -0.4 is 0 Å². The van der Waals surface area contributed by atoms with Gasteiger partial charge < -0.3 is 4.42 Å². The van der Waals surface area contributed by atoms with Gasteiger partial charge in [0.2, 0.25) is 0 Å². The van der Waals surface area contributed by atoms with Gasteiger partial charge in [-0.15, -0.1) is 0 Å². The summed E-state index contributed by atoms with van der Waals surface area (Å²) in [5, 5.41) is 0.928. The average molecular weight is 380 g/mol. The Morgan fingerprint density at radius 1 is 0.852 bits per heavy atom. The fourth-order valence-corrected chi connectivity index (χ4v) is 4.00. The van der Waals surface area contributed by atoms with Gasteiger partial charge in [-0.25, -0.2) is 12.8 Å². The molecule has 1 heterocycles. The summed E-state index contributed by atoms with van der Waals surface area (Å²) in [7, 11) is -3.23. The first-order valence-electron chi connectivity index (χ1n) is 8.58. The molecule has 0 N–H and O–H groups in total. The highest BCUT2D eigenvalue weighted by Crippen LogP contribution is 2.35. The maximum absolute atomic E-state index is 13.3. The van der Waals surface area contributed by atoms with Gasteiger partial charge in [-0.1, -0.05) is 31.2 Å². The predicted molar refractivity (Wildman–Crippen MR) is 105 cm³/mol. The summed E-state index contributed by atoms with van der Waals surface area (Å²) in [4.78, 5) is 0.317. The molecule has 0 saturated carbocycles. The van der Waals surface area contributed by atoms with Crippen LogP contribution in [0.15, 0.2) is 82.3 Å². The first-order chi connectivity index (χ1) is 13.0. The third-order valence-electron chi connectivity index (χ3n) is 4.63. The quantitative estimate of drug-likeness (QED) is 0.456. The third kappa shape index (κ3) is 3.26. The normalized spacial score (nSPS) is 11.8. The summed E-state index contributed by atoms with van der Waals surface area (Å²) in [5.74, 6) is -0.222. The molecule has 27 heavy (non-hydrogen) atoms. The minimum Gasteiger partial charge on any atom is -0.464 e. The minimum atomic E-state index is -3.23. The number of rotatable bonds is 4. The van der Waals surface area contributed by atoms with Crippen LogP contribution in [0, 0.1) is 5.82 Å². The van der Waals surface area contributed by atoms with Crippen molar-refractivity contribution in [2.75, 3.05) is 5.75 Å². The zero-order valence-electron chi connectivity index (χ0n) is 14.6. The van der Waals surface area contributed by atoms with E-state index in [2.05, 4.69) is 0 Å². The molecule has 4 rings (SSSR count). The van der Waals surface area contributed by atoms with E-state index in [1.54, 1.807) is 49.6 Å². The average Bonchev–Trinajstić information content (AvgIpc) is 3.17. The van der Waals surface area contributed by atoms with Gasteiger partial charge in [-0.2, -0.15) is 0 Å². The number of fused-ring (bicyclic) bond motifs is 1. The van der Waals surface area contributed by atoms with Crippen molar-refractivity contribution in [3.8, 4) is 22.3 Å². The van der Waals surface area contributed by atoms with E-state index in [9.17, 15) is 12.8 Å². The SMILES string of the molecule is CCS(=O)(=O)c1ccc(-c2cc(-c3ccc(F)cc3)c3occc3c2)cc1. The second-order valence-electron chi connectivity index (χ2n) is 6.30. The van der Waals surface area contributed by atoms with Gasteiger partial charge in [0.05, 0.1) is 16.9 Å². The lowest BCUT2D eigenvalue weighted by Gasteiger charge is -2.09. The van der Waals surface area contributed by atoms with Gasteiger partial charge in [-0.05, 0) is 59.2 Å². The van der Waals surface area contributed by atoms with Gasteiger partial charge in [0, 0.05) is 10.9 Å². The molecule has 0 aliphatic heterocycles. The van der Waals surface area contributed by atoms with Crippen LogP contribution in [-0.4, -0.2) is 14.2 Å². The summed E-state index contributed by atoms with van der Waals surface area (Å²) >= 11 is 0. The molecule has 5 heteroatoms. The van der Waals surface area contributed by atoms with E-state index in [1.807, 2.05) is 18.2 Å². The Labute approximate surface area is 157 Å². The number of benzene rings is 3. The van der Waals surface area contributed by atoms with Crippen molar-refractivity contribution in [2.24, 2.45) is 0 Å². The molecule has 0 aliphatic carbocycles. The number of halogens is 1. The molecule has 0 spiro atoms. The van der Waals surface area contributed by atoms with E-state index in [0.717, 1.165) is 33.2 Å². The maximum atomic E-state index is 13.3. The fourth-order valence-electron chi connectivity index (χ4n) is 3.11. The van der Waals surface area contributed by atoms with E-state index in [4.69, 9.17) is 4.42 Å². The molecule has 0 radical (unpaired) electrons. The highest BCUT2D eigenvalue weighted by atomic mass is 32.2. The van der Waals surface area contributed by atoms with Crippen molar-refractivity contribution in [1.29, 1.82) is 0 Å². The number of hydrogen-bond donors (Lipinski definition) is 0. The van der Waals surface area contributed by atoms with Crippen molar-refractivity contribution in [3.05, 3.63) is 78.8 Å². The zero-order chi connectivity index (χ0) is 19.0. The summed E-state index contributed by atoms with van der Waals surface area (Å²) < 4.78 is 42.9. The van der Waals surface area contributed by atoms with E-state index in [1.165, 1.54) is 12.1 Å². The van der Waals surface area contributed by atoms with Crippen LogP contribution in [0.4, 0.5) is 4.39 Å². The van der Waals surface area contributed by atoms with Crippen molar-refractivity contribution >= 4 is 20.8 Å². The molecule has 136 valence electrons. The smallest absolute Gasteiger partial charge is 0.178 e. The number of sulfone groups is 1. The maximum Gasteiger partial charge on any atom is 0.178 e. The van der Waals surface area contributed by atoms with Crippen molar-refractivity contribution in [3.63, 3.8) is 0 Å². The third-order valence-corrected chi connectivity index (χ3v) is 6.38. The number of hydrogen-bond acceptors (Lipinski definition) is 3. The molecule has 0 amide bonds. The molecule has 0 unspecified atom stereocenters. The lowest BCUT2D eigenvalue weighted by molar-refractivity contribution is 0.597. The first-order valence-corrected chi connectivity index (χ1v) is 10.2. The van der Waals surface area contributed by atoms with E-state index >= 15 is 0 Å². The largest absolute Gasteiger partial charge is 0.464 e. The molecule has 0 saturated heterocycles. The molecule has 1 aromatic heterocycles. The second kappa shape index (κ2) is 6.67. The summed E-state index contributed by atoms with van der Waals surface area (Å²) in [6, 6.07) is 19.0. The van der Waals surface area contributed by atoms with Gasteiger partial charge >= 0.3 is 0 Å². The summed E-state index contributed by atoms with van der Waals surface area (Å²) in [5.41, 5.74) is 4.27. The van der Waals surface area contributed by atoms with E-state index < -0.39 is 9.84 Å². The Kier molecular flexibility index (Phi) is 4.32. The first kappa shape index (κ1) is 17.5. The predicted octanol–water partition coefficient (Wildman–Crippen LogP) is 5.70. The lowest BCUT2D eigenvalue weighted by atomic mass is 9.97. The molecule has 0 fully saturated rings. The monoisotopic (exact) mass is 380 g/mol. The van der Waals surface area contributed by atoms with Gasteiger partial charge in [0.25, 0.3) is 0 Å². The Balaban J connectivity index is 1.84. The molecule has 0 bridgehead atoms. The molecular formula is C22H17FO3S. The minimum absolute atomic E-state index is 0.0715. The summed E-state index contributed by atoms with van der Waals surface area (Å²) in [6.07, 6.45) is 1.62. The topological polar surface area (TPSA) is 47.3 Å². The van der Waals surface area contributed by atoms with E-state index in [0.29, 0.717) is 4.90 Å². The molecule has 0 atom stereocenters. The summed E-state index contributed by atoms with van der Waals surface area (Å²) in [6.45, 7) is 1.63. The van der Waals surface area contributed by atoms with Crippen LogP contribution in [0.5, 0.6) is 0 Å². The molecule has 4 aromatic rings. The Morgan fingerprint density at radius 3 is 2.19 bits per heavy atom. The molecule has 3 nitrogen and oxygen atoms in total. The van der Waals surface area contributed by atoms with Crippen molar-refractivity contribution in [2.45, 2.75) is 11.8 Å². The zero-order valence-corrected chi connectivity index (χ0v) is 15.5. The Morgan fingerprint density at radius 2 is 1.52 bits per heavy atom. The van der Waals surface area contributed by atoms with E-state index in [-0.39, 0.29) is 11.6 Å². The number of furan rings is 1. The van der Waals surface area contributed by atoms with Crippen LogP contribution in [0.25, 0.3) is 33.2 Å². The van der Waals surface area contributed by atoms with Crippen LogP contribution in [0.2, 0.25) is 0 Å². The van der Waals surface area contributed by atoms with Gasteiger partial charge in [0.1, 0.15) is 11.4 Å². The lowest BCUT2D eigenvalue weighted by Crippen LogP contribution is -2.03. The Bertz CT molecular complexity index is 1200. The van der Waals surface area contributed by atoms with Crippen LogP contribution >= 0.6 is 0 Å². The van der Waals surface area contributed by atoms with Crippen LogP contribution in [0.1, 0.15) is 6.92 Å². The van der Waals surface area contributed by atoms with Gasteiger partial charge in [-0.3, -0.25) is 0 Å². The Hall–Kier alpha value is -2.92. The standard InChI is InChI=1S/C22H17FO3S/c1-2-27(24,25)20-9-5-15(6-10-20)18-13-17-11-12-26-22(17)21(14-18)16-3-7-19(23)8-4-16/h3-14H,2H2,1H3. The highest BCUT2D eigenvalue weighted by Gasteiger charge is 2.13. The molecular weight excluding hydrogens is 363 g/mol. The van der Waals surface area contributed by atoms with Crippen molar-refractivity contribution < 1.29 is 17.2 Å². The molecule has 0 aliphatic rings. The molecule has 3 aromatic carbocycles. The highest BCUT2D eigenvalue weighted by molar-refractivity contribution is 7.91. The van der Waals surface area contributed by atoms with Crippen LogP contribution in [-0.2, 0) is 9.84 Å². The van der Waals surface area contributed by atoms with Crippen LogP contribution in [0.3, 0.4) is 0 Å².